The minimum atomic E-state index is -4.37. The van der Waals surface area contributed by atoms with E-state index in [4.69, 9.17) is 5.73 Å². The highest BCUT2D eigenvalue weighted by Crippen LogP contribution is 2.37. The number of H-pyrrole nitrogens is 1. The number of nitrogens with two attached hydrogens (primary N) is 1. The van der Waals surface area contributed by atoms with Gasteiger partial charge in [0.1, 0.15) is 0 Å². The first-order valence-corrected chi connectivity index (χ1v) is 7.54. The molecule has 1 aromatic carbocycles. The van der Waals surface area contributed by atoms with Gasteiger partial charge in [-0.15, -0.1) is 0 Å². The first kappa shape index (κ1) is 15.8. The number of halogens is 4. The fourth-order valence-corrected chi connectivity index (χ4v) is 2.56. The highest BCUT2D eigenvalue weighted by molar-refractivity contribution is 9.10. The number of aromatic nitrogens is 3. The molecule has 23 heavy (non-hydrogen) atoms. The van der Waals surface area contributed by atoms with Crippen molar-refractivity contribution in [3.63, 3.8) is 0 Å². The minimum Gasteiger partial charge on any atom is -0.382 e. The van der Waals surface area contributed by atoms with Gasteiger partial charge in [-0.3, -0.25) is 10.1 Å². The molecule has 0 fully saturated rings. The van der Waals surface area contributed by atoms with E-state index in [-0.39, 0.29) is 11.5 Å². The molecule has 8 heteroatoms. The number of fused-ring (bicyclic) bond motifs is 1. The van der Waals surface area contributed by atoms with Crippen molar-refractivity contribution in [2.24, 2.45) is 0 Å². The van der Waals surface area contributed by atoms with Crippen LogP contribution in [0.15, 0.2) is 34.8 Å². The molecular weight excluding hydrogens is 373 g/mol. The van der Waals surface area contributed by atoms with Gasteiger partial charge >= 0.3 is 6.18 Å². The van der Waals surface area contributed by atoms with E-state index in [9.17, 15) is 13.2 Å². The van der Waals surface area contributed by atoms with E-state index >= 15 is 0 Å². The molecule has 0 aliphatic heterocycles. The van der Waals surface area contributed by atoms with Gasteiger partial charge in [-0.1, -0.05) is 28.1 Å². The summed E-state index contributed by atoms with van der Waals surface area (Å²) in [5, 5.41) is 7.07. The Morgan fingerprint density at radius 1 is 1.22 bits per heavy atom. The van der Waals surface area contributed by atoms with Gasteiger partial charge in [0.15, 0.2) is 5.82 Å². The largest absolute Gasteiger partial charge is 0.396 e. The van der Waals surface area contributed by atoms with Crippen molar-refractivity contribution >= 4 is 32.7 Å². The second-order valence-electron chi connectivity index (χ2n) is 5.20. The zero-order chi connectivity index (χ0) is 16.8. The van der Waals surface area contributed by atoms with Crippen molar-refractivity contribution in [3.8, 4) is 11.3 Å². The van der Waals surface area contributed by atoms with Crippen molar-refractivity contribution in [1.82, 2.24) is 15.2 Å². The van der Waals surface area contributed by atoms with Gasteiger partial charge in [-0.05, 0) is 25.1 Å². The molecule has 0 radical (unpaired) electrons. The van der Waals surface area contributed by atoms with Crippen molar-refractivity contribution in [2.45, 2.75) is 19.0 Å². The predicted octanol–water partition coefficient (Wildman–Crippen LogP) is 4.64. The van der Waals surface area contributed by atoms with Crippen LogP contribution in [0.2, 0.25) is 0 Å². The molecule has 0 saturated heterocycles. The Bertz CT molecular complexity index is 856. The zero-order valence-corrected chi connectivity index (χ0v) is 13.5. The predicted molar refractivity (Wildman–Crippen MR) is 85.9 cm³/mol. The quantitative estimate of drug-likeness (QED) is 0.676. The third-order valence-corrected chi connectivity index (χ3v) is 4.17. The fourth-order valence-electron chi connectivity index (χ4n) is 2.29. The van der Waals surface area contributed by atoms with Crippen molar-refractivity contribution < 1.29 is 13.2 Å². The van der Waals surface area contributed by atoms with E-state index in [1.807, 2.05) is 0 Å². The number of pyridine rings is 1. The lowest BCUT2D eigenvalue weighted by molar-refractivity contribution is -0.147. The average Bonchev–Trinajstić information content (AvgIpc) is 2.87. The van der Waals surface area contributed by atoms with Gasteiger partial charge in [0.25, 0.3) is 0 Å². The standard InChI is InChI=1S/C15H12BrF3N4/c1-7(15(17,18)19)10-6-11-12(14(20)23-22-11)13(21-10)8-2-4-9(16)5-3-8/h2-7H,1H3,(H3,20,22,23). The van der Waals surface area contributed by atoms with Crippen molar-refractivity contribution in [2.75, 3.05) is 5.73 Å². The maximum absolute atomic E-state index is 13.0. The van der Waals surface area contributed by atoms with Gasteiger partial charge in [-0.2, -0.15) is 18.3 Å². The number of nitrogens with one attached hydrogen (secondary N) is 1. The van der Waals surface area contributed by atoms with Crippen LogP contribution in [0.25, 0.3) is 22.2 Å². The summed E-state index contributed by atoms with van der Waals surface area (Å²) in [5.41, 5.74) is 7.25. The monoisotopic (exact) mass is 384 g/mol. The maximum atomic E-state index is 13.0. The summed E-state index contributed by atoms with van der Waals surface area (Å²) < 4.78 is 40.0. The summed E-state index contributed by atoms with van der Waals surface area (Å²) in [6, 6.07) is 8.46. The summed E-state index contributed by atoms with van der Waals surface area (Å²) in [6.45, 7) is 1.08. The molecule has 120 valence electrons. The molecule has 3 aromatic rings. The molecule has 0 amide bonds. The molecule has 0 aliphatic rings. The van der Waals surface area contributed by atoms with E-state index in [0.29, 0.717) is 22.2 Å². The average molecular weight is 385 g/mol. The topological polar surface area (TPSA) is 67.6 Å². The van der Waals surface area contributed by atoms with Gasteiger partial charge in [-0.25, -0.2) is 0 Å². The number of hydrogen-bond acceptors (Lipinski definition) is 3. The van der Waals surface area contributed by atoms with Crippen LogP contribution in [0.1, 0.15) is 18.5 Å². The van der Waals surface area contributed by atoms with Gasteiger partial charge < -0.3 is 5.73 Å². The molecule has 1 atom stereocenters. The summed E-state index contributed by atoms with van der Waals surface area (Å²) in [5.74, 6) is -1.48. The molecule has 3 N–H and O–H groups in total. The SMILES string of the molecule is CC(c1cc2[nH]nc(N)c2c(-c2ccc(Br)cc2)n1)C(F)(F)F. The summed E-state index contributed by atoms with van der Waals surface area (Å²) in [4.78, 5) is 4.22. The lowest BCUT2D eigenvalue weighted by Crippen LogP contribution is -2.19. The molecular formula is C15H12BrF3N4. The van der Waals surface area contributed by atoms with E-state index in [1.54, 1.807) is 24.3 Å². The number of nitrogens with zero attached hydrogens (tertiary/aromatic N) is 2. The maximum Gasteiger partial charge on any atom is 0.396 e. The Balaban J connectivity index is 2.26. The number of hydrogen-bond donors (Lipinski definition) is 2. The molecule has 2 aromatic heterocycles. The Kier molecular flexibility index (Phi) is 3.79. The second kappa shape index (κ2) is 5.52. The molecule has 2 heterocycles. The Morgan fingerprint density at radius 3 is 2.48 bits per heavy atom. The van der Waals surface area contributed by atoms with E-state index in [2.05, 4.69) is 31.1 Å². The van der Waals surface area contributed by atoms with Crippen molar-refractivity contribution in [1.29, 1.82) is 0 Å². The van der Waals surface area contributed by atoms with E-state index in [1.165, 1.54) is 6.07 Å². The van der Waals surface area contributed by atoms with Crippen LogP contribution in [-0.2, 0) is 0 Å². The van der Waals surface area contributed by atoms with E-state index < -0.39 is 12.1 Å². The first-order chi connectivity index (χ1) is 10.8. The van der Waals surface area contributed by atoms with Crippen molar-refractivity contribution in [3.05, 3.63) is 40.5 Å². The van der Waals surface area contributed by atoms with Gasteiger partial charge in [0.2, 0.25) is 0 Å². The normalized spacial score (nSPS) is 13.4. The molecule has 0 aliphatic carbocycles. The zero-order valence-electron chi connectivity index (χ0n) is 11.9. The smallest absolute Gasteiger partial charge is 0.382 e. The van der Waals surface area contributed by atoms with Gasteiger partial charge in [0.05, 0.1) is 28.2 Å². The second-order valence-corrected chi connectivity index (χ2v) is 6.11. The third-order valence-electron chi connectivity index (χ3n) is 3.64. The lowest BCUT2D eigenvalue weighted by Gasteiger charge is -2.16. The number of aromatic amines is 1. The van der Waals surface area contributed by atoms with Crippen LogP contribution in [0, 0.1) is 0 Å². The molecule has 3 rings (SSSR count). The molecule has 4 nitrogen and oxygen atoms in total. The Hall–Kier alpha value is -2.09. The number of nitrogen functional groups attached to an aromatic ring is 1. The Labute approximate surface area is 138 Å². The fraction of sp³-hybridized carbons (Fsp3) is 0.200. The van der Waals surface area contributed by atoms with Gasteiger partial charge in [0, 0.05) is 10.0 Å². The van der Waals surface area contributed by atoms with Crippen LogP contribution >= 0.6 is 15.9 Å². The molecule has 0 saturated carbocycles. The first-order valence-electron chi connectivity index (χ1n) is 6.74. The van der Waals surface area contributed by atoms with Crippen LogP contribution < -0.4 is 5.73 Å². The van der Waals surface area contributed by atoms with Crippen LogP contribution in [0.4, 0.5) is 19.0 Å². The highest BCUT2D eigenvalue weighted by atomic mass is 79.9. The molecule has 0 spiro atoms. The third kappa shape index (κ3) is 2.90. The number of alkyl halides is 3. The van der Waals surface area contributed by atoms with E-state index in [0.717, 1.165) is 11.4 Å². The number of anilines is 1. The van der Waals surface area contributed by atoms with Crippen LogP contribution in [0.5, 0.6) is 0 Å². The van der Waals surface area contributed by atoms with Crippen LogP contribution in [-0.4, -0.2) is 21.4 Å². The summed E-state index contributed by atoms with van der Waals surface area (Å²) >= 11 is 3.33. The highest BCUT2D eigenvalue weighted by Gasteiger charge is 2.38. The molecule has 1 unspecified atom stereocenters. The number of rotatable bonds is 2. The Morgan fingerprint density at radius 2 is 1.87 bits per heavy atom. The van der Waals surface area contributed by atoms with Crippen LogP contribution in [0.3, 0.4) is 0 Å². The summed E-state index contributed by atoms with van der Waals surface area (Å²) in [6.07, 6.45) is -4.37. The molecule has 0 bridgehead atoms. The lowest BCUT2D eigenvalue weighted by atomic mass is 10.0. The number of benzene rings is 1. The summed E-state index contributed by atoms with van der Waals surface area (Å²) in [7, 11) is 0. The minimum absolute atomic E-state index is 0.0773.